The molecule has 84 valence electrons. The Kier molecular flexibility index (Phi) is 3.88. The lowest BCUT2D eigenvalue weighted by Gasteiger charge is -2.31. The lowest BCUT2D eigenvalue weighted by Crippen LogP contribution is -2.50. The highest BCUT2D eigenvalue weighted by molar-refractivity contribution is 7.87. The van der Waals surface area contributed by atoms with Gasteiger partial charge in [-0.3, -0.25) is 0 Å². The summed E-state index contributed by atoms with van der Waals surface area (Å²) in [5.41, 5.74) is 0. The molecule has 5 nitrogen and oxygen atoms in total. The Balaban J connectivity index is 2.28. The molecule has 0 saturated heterocycles. The van der Waals surface area contributed by atoms with Crippen molar-refractivity contribution in [2.24, 2.45) is 5.92 Å². The van der Waals surface area contributed by atoms with Gasteiger partial charge in [-0.1, -0.05) is 13.8 Å². The van der Waals surface area contributed by atoms with E-state index >= 15 is 0 Å². The lowest BCUT2D eigenvalue weighted by molar-refractivity contribution is 0.0710. The number of aliphatic hydroxyl groups is 1. The first-order valence-electron chi connectivity index (χ1n) is 4.84. The van der Waals surface area contributed by atoms with Crippen LogP contribution < -0.4 is 9.44 Å². The number of rotatable bonds is 5. The smallest absolute Gasteiger partial charge is 0.277 e. The molecule has 0 heterocycles. The van der Waals surface area contributed by atoms with Gasteiger partial charge in [0.05, 0.1) is 6.10 Å². The largest absolute Gasteiger partial charge is 0.393 e. The zero-order valence-corrected chi connectivity index (χ0v) is 9.34. The summed E-state index contributed by atoms with van der Waals surface area (Å²) in [6.07, 6.45) is 0.693. The molecule has 0 aromatic rings. The summed E-state index contributed by atoms with van der Waals surface area (Å²) in [6.45, 7) is 4.32. The molecule has 1 fully saturated rings. The van der Waals surface area contributed by atoms with Crippen molar-refractivity contribution in [2.75, 3.05) is 6.54 Å². The third kappa shape index (κ3) is 3.91. The summed E-state index contributed by atoms with van der Waals surface area (Å²) in [4.78, 5) is 0. The van der Waals surface area contributed by atoms with Crippen molar-refractivity contribution < 1.29 is 13.5 Å². The first-order chi connectivity index (χ1) is 6.39. The van der Waals surface area contributed by atoms with E-state index in [4.69, 9.17) is 5.11 Å². The van der Waals surface area contributed by atoms with Crippen LogP contribution >= 0.6 is 0 Å². The Hall–Kier alpha value is -0.170. The van der Waals surface area contributed by atoms with Gasteiger partial charge in [-0.05, 0) is 18.8 Å². The second-order valence-corrected chi connectivity index (χ2v) is 5.72. The van der Waals surface area contributed by atoms with E-state index in [1.165, 1.54) is 0 Å². The summed E-state index contributed by atoms with van der Waals surface area (Å²) in [5.74, 6) is 0.290. The molecule has 1 aliphatic rings. The van der Waals surface area contributed by atoms with Crippen LogP contribution in [0.3, 0.4) is 0 Å². The van der Waals surface area contributed by atoms with E-state index in [-0.39, 0.29) is 12.1 Å². The maximum absolute atomic E-state index is 11.3. The van der Waals surface area contributed by atoms with Gasteiger partial charge in [-0.25, -0.2) is 4.72 Å². The Bertz CT molecular complexity index is 270. The topological polar surface area (TPSA) is 78.4 Å². The highest BCUT2D eigenvalue weighted by atomic mass is 32.2. The van der Waals surface area contributed by atoms with Crippen molar-refractivity contribution in [3.8, 4) is 0 Å². The lowest BCUT2D eigenvalue weighted by atomic mass is 9.91. The fourth-order valence-corrected chi connectivity index (χ4v) is 2.49. The normalized spacial score (nSPS) is 27.7. The molecule has 3 N–H and O–H groups in total. The van der Waals surface area contributed by atoms with Gasteiger partial charge in [-0.15, -0.1) is 0 Å². The molecule has 14 heavy (non-hydrogen) atoms. The van der Waals surface area contributed by atoms with Gasteiger partial charge >= 0.3 is 0 Å². The van der Waals surface area contributed by atoms with Crippen molar-refractivity contribution in [1.29, 1.82) is 0 Å². The van der Waals surface area contributed by atoms with Crippen LogP contribution in [0.1, 0.15) is 26.7 Å². The Morgan fingerprint density at radius 2 is 2.00 bits per heavy atom. The molecule has 0 atom stereocenters. The highest BCUT2D eigenvalue weighted by Crippen LogP contribution is 2.19. The van der Waals surface area contributed by atoms with E-state index in [1.807, 2.05) is 13.8 Å². The summed E-state index contributed by atoms with van der Waals surface area (Å²) in [7, 11) is -3.37. The molecule has 1 aliphatic carbocycles. The molecule has 0 amide bonds. The Labute approximate surface area is 85.1 Å². The standard InChI is InChI=1S/C8H18N2O3S/c1-6(2)5-9-14(12,13)10-7-3-8(11)4-7/h6-11H,3-5H2,1-2H3. The van der Waals surface area contributed by atoms with E-state index in [9.17, 15) is 8.42 Å². The minimum atomic E-state index is -3.37. The van der Waals surface area contributed by atoms with Crippen molar-refractivity contribution in [3.05, 3.63) is 0 Å². The van der Waals surface area contributed by atoms with E-state index in [2.05, 4.69) is 9.44 Å². The SMILES string of the molecule is CC(C)CNS(=O)(=O)NC1CC(O)C1. The fraction of sp³-hybridized carbons (Fsp3) is 1.00. The fourth-order valence-electron chi connectivity index (χ4n) is 1.22. The van der Waals surface area contributed by atoms with Crippen molar-refractivity contribution >= 4 is 10.2 Å². The van der Waals surface area contributed by atoms with Crippen LogP contribution in [0.5, 0.6) is 0 Å². The van der Waals surface area contributed by atoms with Crippen LogP contribution in [-0.2, 0) is 10.2 Å². The second kappa shape index (κ2) is 4.57. The summed E-state index contributed by atoms with van der Waals surface area (Å²) < 4.78 is 27.6. The predicted molar refractivity (Wildman–Crippen MR) is 53.9 cm³/mol. The van der Waals surface area contributed by atoms with Gasteiger partial charge < -0.3 is 5.11 Å². The molecule has 0 radical (unpaired) electrons. The van der Waals surface area contributed by atoms with E-state index in [1.54, 1.807) is 0 Å². The quantitative estimate of drug-likeness (QED) is 0.591. The van der Waals surface area contributed by atoms with Crippen LogP contribution in [-0.4, -0.2) is 32.2 Å². The van der Waals surface area contributed by atoms with Crippen LogP contribution in [0.2, 0.25) is 0 Å². The molecule has 1 saturated carbocycles. The average Bonchev–Trinajstić information content (AvgIpc) is 1.98. The highest BCUT2D eigenvalue weighted by Gasteiger charge is 2.30. The van der Waals surface area contributed by atoms with E-state index < -0.39 is 10.2 Å². The predicted octanol–water partition coefficient (Wildman–Crippen LogP) is -0.410. The first kappa shape index (κ1) is 11.9. The molecule has 0 aromatic carbocycles. The minimum Gasteiger partial charge on any atom is -0.393 e. The van der Waals surface area contributed by atoms with Crippen LogP contribution in [0.15, 0.2) is 0 Å². The first-order valence-corrected chi connectivity index (χ1v) is 6.32. The molecule has 0 aromatic heterocycles. The maximum atomic E-state index is 11.3. The van der Waals surface area contributed by atoms with Crippen LogP contribution in [0, 0.1) is 5.92 Å². The van der Waals surface area contributed by atoms with Crippen LogP contribution in [0.4, 0.5) is 0 Å². The molecule has 0 spiro atoms. The summed E-state index contributed by atoms with van der Waals surface area (Å²) in [6, 6.07) is -0.102. The minimum absolute atomic E-state index is 0.102. The van der Waals surface area contributed by atoms with Crippen molar-refractivity contribution in [1.82, 2.24) is 9.44 Å². The molecular weight excluding hydrogens is 204 g/mol. The average molecular weight is 222 g/mol. The third-order valence-corrected chi connectivity index (χ3v) is 3.31. The van der Waals surface area contributed by atoms with Crippen molar-refractivity contribution in [3.63, 3.8) is 0 Å². The number of hydrogen-bond acceptors (Lipinski definition) is 3. The zero-order valence-electron chi connectivity index (χ0n) is 8.53. The monoisotopic (exact) mass is 222 g/mol. The Morgan fingerprint density at radius 1 is 1.43 bits per heavy atom. The number of aliphatic hydroxyl groups excluding tert-OH is 1. The van der Waals surface area contributed by atoms with Gasteiger partial charge in [0.25, 0.3) is 10.2 Å². The molecule has 0 bridgehead atoms. The van der Waals surface area contributed by atoms with Gasteiger partial charge in [0.2, 0.25) is 0 Å². The molecule has 1 rings (SSSR count). The zero-order chi connectivity index (χ0) is 10.8. The van der Waals surface area contributed by atoms with Gasteiger partial charge in [0.1, 0.15) is 0 Å². The molecule has 6 heteroatoms. The Morgan fingerprint density at radius 3 is 2.43 bits per heavy atom. The van der Waals surface area contributed by atoms with Crippen molar-refractivity contribution in [2.45, 2.75) is 38.8 Å². The van der Waals surface area contributed by atoms with Crippen LogP contribution in [0.25, 0.3) is 0 Å². The number of nitrogens with one attached hydrogen (secondary N) is 2. The summed E-state index contributed by atoms with van der Waals surface area (Å²) in [5, 5.41) is 8.98. The molecule has 0 unspecified atom stereocenters. The van der Waals surface area contributed by atoms with E-state index in [0.717, 1.165) is 0 Å². The summed E-state index contributed by atoms with van der Waals surface area (Å²) >= 11 is 0. The van der Waals surface area contributed by atoms with Gasteiger partial charge in [0.15, 0.2) is 0 Å². The maximum Gasteiger partial charge on any atom is 0.277 e. The number of hydrogen-bond donors (Lipinski definition) is 3. The van der Waals surface area contributed by atoms with Gasteiger partial charge in [0, 0.05) is 12.6 Å². The third-order valence-electron chi connectivity index (χ3n) is 2.12. The van der Waals surface area contributed by atoms with E-state index in [0.29, 0.717) is 25.3 Å². The molecular formula is C8H18N2O3S. The van der Waals surface area contributed by atoms with Gasteiger partial charge in [-0.2, -0.15) is 13.1 Å². The molecule has 0 aliphatic heterocycles. The second-order valence-electron chi connectivity index (χ2n) is 4.19.